The van der Waals surface area contributed by atoms with Gasteiger partial charge >= 0.3 is 0 Å². The molecule has 2 N–H and O–H groups in total. The van der Waals surface area contributed by atoms with Crippen LogP contribution in [0, 0.1) is 6.92 Å². The molecule has 2 aromatic carbocycles. The summed E-state index contributed by atoms with van der Waals surface area (Å²) < 4.78 is 0. The molecule has 0 radical (unpaired) electrons. The van der Waals surface area contributed by atoms with Crippen molar-refractivity contribution < 1.29 is 0 Å². The summed E-state index contributed by atoms with van der Waals surface area (Å²) in [5.74, 6) is 0.678. The molecule has 0 spiro atoms. The van der Waals surface area contributed by atoms with Crippen LogP contribution in [0.4, 0.5) is 11.4 Å². The third-order valence-corrected chi connectivity index (χ3v) is 4.30. The van der Waals surface area contributed by atoms with Crippen molar-refractivity contribution in [3.05, 3.63) is 59.7 Å². The highest BCUT2D eigenvalue weighted by atomic mass is 15.1. The predicted molar refractivity (Wildman–Crippen MR) is 86.2 cm³/mol. The zero-order valence-corrected chi connectivity index (χ0v) is 12.0. The van der Waals surface area contributed by atoms with E-state index in [1.807, 2.05) is 12.1 Å². The van der Waals surface area contributed by atoms with Gasteiger partial charge in [0.2, 0.25) is 0 Å². The number of nitrogens with zero attached hydrogens (tertiary/aromatic N) is 1. The lowest BCUT2D eigenvalue weighted by atomic mass is 9.89. The minimum Gasteiger partial charge on any atom is -0.399 e. The summed E-state index contributed by atoms with van der Waals surface area (Å²) in [4.78, 5) is 2.49. The normalized spacial score (nSPS) is 16.4. The fourth-order valence-electron chi connectivity index (χ4n) is 2.99. The van der Waals surface area contributed by atoms with Crippen LogP contribution in [0.15, 0.2) is 48.5 Å². The molecule has 0 aromatic heterocycles. The van der Waals surface area contributed by atoms with Gasteiger partial charge in [0.25, 0.3) is 0 Å². The van der Waals surface area contributed by atoms with Crippen LogP contribution in [0.25, 0.3) is 0 Å². The number of nitrogen functional groups attached to an aromatic ring is 1. The van der Waals surface area contributed by atoms with Crippen molar-refractivity contribution in [2.24, 2.45) is 0 Å². The third-order valence-electron chi connectivity index (χ3n) is 4.30. The molecule has 0 unspecified atom stereocenters. The molecule has 2 heteroatoms. The number of nitrogens with two attached hydrogens (primary N) is 1. The number of rotatable bonds is 2. The van der Waals surface area contributed by atoms with Crippen molar-refractivity contribution in [2.75, 3.05) is 23.7 Å². The average molecular weight is 266 g/mol. The first-order valence-corrected chi connectivity index (χ1v) is 7.39. The van der Waals surface area contributed by atoms with Crippen LogP contribution in [0.2, 0.25) is 0 Å². The van der Waals surface area contributed by atoms with Gasteiger partial charge in [-0.05, 0) is 55.5 Å². The van der Waals surface area contributed by atoms with Crippen LogP contribution in [0.3, 0.4) is 0 Å². The van der Waals surface area contributed by atoms with E-state index < -0.39 is 0 Å². The third kappa shape index (κ3) is 2.79. The summed E-state index contributed by atoms with van der Waals surface area (Å²) in [7, 11) is 0. The lowest BCUT2D eigenvalue weighted by Gasteiger charge is -2.34. The van der Waals surface area contributed by atoms with Crippen molar-refractivity contribution in [3.8, 4) is 0 Å². The topological polar surface area (TPSA) is 29.3 Å². The number of anilines is 2. The molecule has 0 saturated carbocycles. The fraction of sp³-hybridized carbons (Fsp3) is 0.333. The quantitative estimate of drug-likeness (QED) is 0.834. The summed E-state index contributed by atoms with van der Waals surface area (Å²) in [6.07, 6.45) is 2.44. The van der Waals surface area contributed by atoms with E-state index in [1.54, 1.807) is 0 Å². The second kappa shape index (κ2) is 5.58. The maximum atomic E-state index is 5.76. The fourth-order valence-corrected chi connectivity index (χ4v) is 2.99. The minimum absolute atomic E-state index is 0.678. The van der Waals surface area contributed by atoms with E-state index in [4.69, 9.17) is 5.73 Å². The Kier molecular flexibility index (Phi) is 3.64. The first-order valence-electron chi connectivity index (χ1n) is 7.39. The number of benzene rings is 2. The molecule has 2 nitrogen and oxygen atoms in total. The van der Waals surface area contributed by atoms with E-state index in [1.165, 1.54) is 29.7 Å². The Balaban J connectivity index is 1.64. The first kappa shape index (κ1) is 13.0. The lowest BCUT2D eigenvalue weighted by Crippen LogP contribution is -2.32. The smallest absolute Gasteiger partial charge is 0.0366 e. The largest absolute Gasteiger partial charge is 0.399 e. The molecule has 2 aromatic rings. The number of aryl methyl sites for hydroxylation is 1. The number of piperidine rings is 1. The Morgan fingerprint density at radius 2 is 1.50 bits per heavy atom. The van der Waals surface area contributed by atoms with Gasteiger partial charge in [-0.3, -0.25) is 0 Å². The molecule has 104 valence electrons. The van der Waals surface area contributed by atoms with Gasteiger partial charge in [0, 0.05) is 24.5 Å². The molecule has 1 fully saturated rings. The number of hydrogen-bond acceptors (Lipinski definition) is 2. The Hall–Kier alpha value is -1.96. The van der Waals surface area contributed by atoms with E-state index in [0.717, 1.165) is 18.8 Å². The standard InChI is InChI=1S/C18H22N2/c1-14-2-8-18(9-3-14)20-12-10-16(11-13-20)15-4-6-17(19)7-5-15/h2-9,16H,10-13,19H2,1H3. The van der Waals surface area contributed by atoms with Gasteiger partial charge in [-0.25, -0.2) is 0 Å². The Labute approximate surface area is 121 Å². The van der Waals surface area contributed by atoms with Gasteiger partial charge in [0.1, 0.15) is 0 Å². The van der Waals surface area contributed by atoms with E-state index in [-0.39, 0.29) is 0 Å². The van der Waals surface area contributed by atoms with Crippen LogP contribution >= 0.6 is 0 Å². The summed E-state index contributed by atoms with van der Waals surface area (Å²) in [5.41, 5.74) is 10.7. The minimum atomic E-state index is 0.678. The van der Waals surface area contributed by atoms with Gasteiger partial charge in [-0.1, -0.05) is 29.8 Å². The highest BCUT2D eigenvalue weighted by molar-refractivity contribution is 5.48. The van der Waals surface area contributed by atoms with Gasteiger partial charge in [-0.2, -0.15) is 0 Å². The molecule has 1 aliphatic rings. The molecular weight excluding hydrogens is 244 g/mol. The van der Waals surface area contributed by atoms with E-state index in [2.05, 4.69) is 48.2 Å². The average Bonchev–Trinajstić information content (AvgIpc) is 2.49. The molecule has 20 heavy (non-hydrogen) atoms. The molecular formula is C18H22N2. The highest BCUT2D eigenvalue weighted by Crippen LogP contribution is 2.30. The van der Waals surface area contributed by atoms with Crippen molar-refractivity contribution in [3.63, 3.8) is 0 Å². The van der Waals surface area contributed by atoms with E-state index >= 15 is 0 Å². The second-order valence-corrected chi connectivity index (χ2v) is 5.76. The molecule has 1 saturated heterocycles. The number of hydrogen-bond donors (Lipinski definition) is 1. The predicted octanol–water partition coefficient (Wildman–Crippen LogP) is 3.96. The molecule has 0 amide bonds. The van der Waals surface area contributed by atoms with Crippen molar-refractivity contribution in [1.29, 1.82) is 0 Å². The zero-order chi connectivity index (χ0) is 13.9. The molecule has 1 aliphatic heterocycles. The van der Waals surface area contributed by atoms with E-state index in [9.17, 15) is 0 Å². The van der Waals surface area contributed by atoms with Gasteiger partial charge in [0.05, 0.1) is 0 Å². The zero-order valence-electron chi connectivity index (χ0n) is 12.0. The SMILES string of the molecule is Cc1ccc(N2CCC(c3ccc(N)cc3)CC2)cc1. The Morgan fingerprint density at radius 1 is 0.900 bits per heavy atom. The second-order valence-electron chi connectivity index (χ2n) is 5.76. The summed E-state index contributed by atoms with van der Waals surface area (Å²) >= 11 is 0. The van der Waals surface area contributed by atoms with Gasteiger partial charge < -0.3 is 10.6 Å². The van der Waals surface area contributed by atoms with Gasteiger partial charge in [0.15, 0.2) is 0 Å². The molecule has 0 atom stereocenters. The monoisotopic (exact) mass is 266 g/mol. The summed E-state index contributed by atoms with van der Waals surface area (Å²) in [5, 5.41) is 0. The highest BCUT2D eigenvalue weighted by Gasteiger charge is 2.20. The van der Waals surface area contributed by atoms with Crippen LogP contribution < -0.4 is 10.6 Å². The molecule has 3 rings (SSSR count). The Bertz CT molecular complexity index is 495. The lowest BCUT2D eigenvalue weighted by molar-refractivity contribution is 0.505. The van der Waals surface area contributed by atoms with Gasteiger partial charge in [-0.15, -0.1) is 0 Å². The van der Waals surface area contributed by atoms with Crippen molar-refractivity contribution in [2.45, 2.75) is 25.7 Å². The maximum absolute atomic E-state index is 5.76. The van der Waals surface area contributed by atoms with Crippen LogP contribution in [-0.4, -0.2) is 13.1 Å². The molecule has 0 aliphatic carbocycles. The van der Waals surface area contributed by atoms with Crippen molar-refractivity contribution >= 4 is 11.4 Å². The van der Waals surface area contributed by atoms with Crippen LogP contribution in [-0.2, 0) is 0 Å². The summed E-state index contributed by atoms with van der Waals surface area (Å²) in [6, 6.07) is 17.3. The van der Waals surface area contributed by atoms with E-state index in [0.29, 0.717) is 5.92 Å². The first-order chi connectivity index (χ1) is 9.72. The van der Waals surface area contributed by atoms with Crippen LogP contribution in [0.1, 0.15) is 29.9 Å². The molecule has 0 bridgehead atoms. The Morgan fingerprint density at radius 3 is 2.10 bits per heavy atom. The molecule has 1 heterocycles. The maximum Gasteiger partial charge on any atom is 0.0366 e. The van der Waals surface area contributed by atoms with Crippen molar-refractivity contribution in [1.82, 2.24) is 0 Å². The summed E-state index contributed by atoms with van der Waals surface area (Å²) in [6.45, 7) is 4.41. The van der Waals surface area contributed by atoms with Crippen LogP contribution in [0.5, 0.6) is 0 Å².